The molecule has 2 nitrogen and oxygen atoms in total. The van der Waals surface area contributed by atoms with Crippen molar-refractivity contribution in [3.63, 3.8) is 0 Å². The summed E-state index contributed by atoms with van der Waals surface area (Å²) in [4.78, 5) is 0. The zero-order valence-electron chi connectivity index (χ0n) is 9.80. The summed E-state index contributed by atoms with van der Waals surface area (Å²) in [5.74, 6) is 0. The fraction of sp³-hybridized carbons (Fsp3) is 0.500. The molecule has 1 aromatic rings. The second-order valence-corrected chi connectivity index (χ2v) is 4.45. The smallest absolute Gasteiger partial charge is 0.395 e. The molecular formula is C12H16F3NO. The molecule has 0 heterocycles. The first-order chi connectivity index (χ1) is 7.74. The van der Waals surface area contributed by atoms with Gasteiger partial charge < -0.3 is 10.8 Å². The van der Waals surface area contributed by atoms with Crippen molar-refractivity contribution in [2.24, 2.45) is 5.73 Å². The van der Waals surface area contributed by atoms with E-state index >= 15 is 0 Å². The lowest BCUT2D eigenvalue weighted by atomic mass is 9.82. The van der Waals surface area contributed by atoms with Crippen LogP contribution in [0.15, 0.2) is 18.2 Å². The molecule has 0 aromatic heterocycles. The van der Waals surface area contributed by atoms with Gasteiger partial charge in [0.25, 0.3) is 0 Å². The van der Waals surface area contributed by atoms with Crippen molar-refractivity contribution in [2.45, 2.75) is 25.4 Å². The molecule has 0 fully saturated rings. The van der Waals surface area contributed by atoms with Gasteiger partial charge >= 0.3 is 6.18 Å². The first kappa shape index (κ1) is 14.0. The van der Waals surface area contributed by atoms with E-state index in [0.29, 0.717) is 5.56 Å². The number of rotatable bonds is 3. The lowest BCUT2D eigenvalue weighted by Gasteiger charge is -2.27. The Labute approximate surface area is 98.3 Å². The summed E-state index contributed by atoms with van der Waals surface area (Å²) in [6.45, 7) is 2.84. The SMILES string of the molecule is Cc1ccc(C(C)(CN)CO)cc1C(F)(F)F. The predicted molar refractivity (Wildman–Crippen MR) is 59.7 cm³/mol. The maximum Gasteiger partial charge on any atom is 0.416 e. The summed E-state index contributed by atoms with van der Waals surface area (Å²) >= 11 is 0. The van der Waals surface area contributed by atoms with E-state index < -0.39 is 17.2 Å². The second kappa shape index (κ2) is 4.66. The van der Waals surface area contributed by atoms with Gasteiger partial charge in [-0.15, -0.1) is 0 Å². The van der Waals surface area contributed by atoms with Gasteiger partial charge in [-0.1, -0.05) is 19.1 Å². The third kappa shape index (κ3) is 2.79. The summed E-state index contributed by atoms with van der Waals surface area (Å²) in [7, 11) is 0. The topological polar surface area (TPSA) is 46.2 Å². The van der Waals surface area contributed by atoms with Gasteiger partial charge in [0, 0.05) is 12.0 Å². The number of benzene rings is 1. The van der Waals surface area contributed by atoms with E-state index in [4.69, 9.17) is 5.73 Å². The molecule has 5 heteroatoms. The summed E-state index contributed by atoms with van der Waals surface area (Å²) in [5.41, 5.74) is 4.56. The zero-order valence-corrected chi connectivity index (χ0v) is 9.80. The quantitative estimate of drug-likeness (QED) is 0.860. The summed E-state index contributed by atoms with van der Waals surface area (Å²) in [5, 5.41) is 9.24. The minimum absolute atomic E-state index is 0.0872. The van der Waals surface area contributed by atoms with E-state index in [-0.39, 0.29) is 18.7 Å². The van der Waals surface area contributed by atoms with Crippen LogP contribution in [0.25, 0.3) is 0 Å². The molecule has 0 aliphatic carbocycles. The van der Waals surface area contributed by atoms with Gasteiger partial charge in [0.05, 0.1) is 12.2 Å². The molecule has 0 saturated carbocycles. The number of halogens is 3. The molecule has 1 unspecified atom stereocenters. The number of alkyl halides is 3. The van der Waals surface area contributed by atoms with E-state index in [1.54, 1.807) is 13.0 Å². The largest absolute Gasteiger partial charge is 0.416 e. The van der Waals surface area contributed by atoms with Crippen LogP contribution in [0.5, 0.6) is 0 Å². The molecule has 0 spiro atoms. The minimum atomic E-state index is -4.38. The molecule has 17 heavy (non-hydrogen) atoms. The van der Waals surface area contributed by atoms with Gasteiger partial charge in [-0.3, -0.25) is 0 Å². The molecule has 1 atom stereocenters. The Kier molecular flexibility index (Phi) is 3.84. The monoisotopic (exact) mass is 247 g/mol. The predicted octanol–water partition coefficient (Wildman–Crippen LogP) is 2.22. The third-order valence-corrected chi connectivity index (χ3v) is 3.04. The maximum atomic E-state index is 12.7. The highest BCUT2D eigenvalue weighted by atomic mass is 19.4. The molecule has 0 bridgehead atoms. The Balaban J connectivity index is 3.31. The van der Waals surface area contributed by atoms with Crippen molar-refractivity contribution < 1.29 is 18.3 Å². The Hall–Kier alpha value is -1.07. The molecule has 0 aliphatic rings. The lowest BCUT2D eigenvalue weighted by Crippen LogP contribution is -2.35. The Bertz CT molecular complexity index is 397. The molecule has 1 aromatic carbocycles. The average Bonchev–Trinajstić information content (AvgIpc) is 2.27. The fourth-order valence-corrected chi connectivity index (χ4v) is 1.58. The highest BCUT2D eigenvalue weighted by Crippen LogP contribution is 2.34. The Morgan fingerprint density at radius 2 is 1.88 bits per heavy atom. The standard InChI is InChI=1S/C12H16F3NO/c1-8-3-4-9(11(2,6-16)7-17)5-10(8)12(13,14)15/h3-5,17H,6-7,16H2,1-2H3. The fourth-order valence-electron chi connectivity index (χ4n) is 1.58. The maximum absolute atomic E-state index is 12.7. The van der Waals surface area contributed by atoms with Gasteiger partial charge in [0.15, 0.2) is 0 Å². The highest BCUT2D eigenvalue weighted by Gasteiger charge is 2.34. The average molecular weight is 247 g/mol. The number of nitrogens with two attached hydrogens (primary N) is 1. The minimum Gasteiger partial charge on any atom is -0.395 e. The molecular weight excluding hydrogens is 231 g/mol. The number of aryl methyl sites for hydroxylation is 1. The van der Waals surface area contributed by atoms with Gasteiger partial charge in [0.2, 0.25) is 0 Å². The number of aliphatic hydroxyl groups is 1. The number of hydrogen-bond acceptors (Lipinski definition) is 2. The van der Waals surface area contributed by atoms with Gasteiger partial charge in [0.1, 0.15) is 0 Å². The van der Waals surface area contributed by atoms with Crippen molar-refractivity contribution in [3.05, 3.63) is 34.9 Å². The Morgan fingerprint density at radius 1 is 1.29 bits per heavy atom. The van der Waals surface area contributed by atoms with Crippen LogP contribution in [0.3, 0.4) is 0 Å². The van der Waals surface area contributed by atoms with Crippen molar-refractivity contribution in [3.8, 4) is 0 Å². The van der Waals surface area contributed by atoms with Crippen LogP contribution >= 0.6 is 0 Å². The van der Waals surface area contributed by atoms with Gasteiger partial charge in [-0.05, 0) is 24.1 Å². The van der Waals surface area contributed by atoms with Crippen LogP contribution in [0.2, 0.25) is 0 Å². The first-order valence-electron chi connectivity index (χ1n) is 5.24. The van der Waals surface area contributed by atoms with Crippen molar-refractivity contribution >= 4 is 0 Å². The van der Waals surface area contributed by atoms with Crippen LogP contribution in [-0.4, -0.2) is 18.3 Å². The molecule has 3 N–H and O–H groups in total. The summed E-state index contributed by atoms with van der Waals surface area (Å²) in [6.07, 6.45) is -4.38. The molecule has 0 radical (unpaired) electrons. The van der Waals surface area contributed by atoms with Crippen molar-refractivity contribution in [2.75, 3.05) is 13.2 Å². The number of aliphatic hydroxyl groups excluding tert-OH is 1. The van der Waals surface area contributed by atoms with E-state index in [1.165, 1.54) is 13.0 Å². The van der Waals surface area contributed by atoms with E-state index in [0.717, 1.165) is 6.07 Å². The van der Waals surface area contributed by atoms with Crippen LogP contribution in [-0.2, 0) is 11.6 Å². The van der Waals surface area contributed by atoms with Crippen LogP contribution < -0.4 is 5.73 Å². The third-order valence-electron chi connectivity index (χ3n) is 3.04. The molecule has 0 aliphatic heterocycles. The lowest BCUT2D eigenvalue weighted by molar-refractivity contribution is -0.138. The first-order valence-corrected chi connectivity index (χ1v) is 5.24. The molecule has 96 valence electrons. The van der Waals surface area contributed by atoms with E-state index in [9.17, 15) is 18.3 Å². The summed E-state index contributed by atoms with van der Waals surface area (Å²) in [6, 6.07) is 4.05. The summed E-state index contributed by atoms with van der Waals surface area (Å²) < 4.78 is 38.2. The van der Waals surface area contributed by atoms with Crippen molar-refractivity contribution in [1.29, 1.82) is 0 Å². The van der Waals surface area contributed by atoms with Gasteiger partial charge in [-0.2, -0.15) is 13.2 Å². The van der Waals surface area contributed by atoms with Gasteiger partial charge in [-0.25, -0.2) is 0 Å². The van der Waals surface area contributed by atoms with E-state index in [2.05, 4.69) is 0 Å². The Morgan fingerprint density at radius 3 is 2.29 bits per heavy atom. The normalized spacial score (nSPS) is 15.7. The van der Waals surface area contributed by atoms with E-state index in [1.807, 2.05) is 0 Å². The van der Waals surface area contributed by atoms with Crippen LogP contribution in [0.4, 0.5) is 13.2 Å². The van der Waals surface area contributed by atoms with Crippen molar-refractivity contribution in [1.82, 2.24) is 0 Å². The number of hydrogen-bond donors (Lipinski definition) is 2. The zero-order chi connectivity index (χ0) is 13.3. The molecule has 0 saturated heterocycles. The highest BCUT2D eigenvalue weighted by molar-refractivity contribution is 5.37. The molecule has 1 rings (SSSR count). The van der Waals surface area contributed by atoms with Crippen LogP contribution in [0, 0.1) is 6.92 Å². The second-order valence-electron chi connectivity index (χ2n) is 4.45. The molecule has 0 amide bonds. The van der Waals surface area contributed by atoms with Crippen LogP contribution in [0.1, 0.15) is 23.6 Å².